The van der Waals surface area contributed by atoms with E-state index >= 15 is 0 Å². The van der Waals surface area contributed by atoms with Crippen LogP contribution >= 0.6 is 15.9 Å². The normalized spacial score (nSPS) is 16.9. The maximum absolute atomic E-state index is 12.7. The number of anilines is 1. The number of carbonyl (C=O) groups is 1. The summed E-state index contributed by atoms with van der Waals surface area (Å²) in [7, 11) is -4.08. The third kappa shape index (κ3) is 4.31. The fraction of sp³-hybridized carbons (Fsp3) is 0.235. The molecule has 1 atom stereocenters. The van der Waals surface area contributed by atoms with Crippen LogP contribution in [-0.2, 0) is 27.5 Å². The number of alkyl halides is 3. The Morgan fingerprint density at radius 3 is 2.46 bits per heavy atom. The summed E-state index contributed by atoms with van der Waals surface area (Å²) in [6, 6.07) is 6.98. The third-order valence-electron chi connectivity index (χ3n) is 3.98. The molecule has 1 heterocycles. The monoisotopic (exact) mass is 478 g/mol. The second kappa shape index (κ2) is 7.37. The van der Waals surface area contributed by atoms with E-state index in [4.69, 9.17) is 4.74 Å². The molecule has 0 aliphatic carbocycles. The summed E-state index contributed by atoms with van der Waals surface area (Å²) in [6.45, 7) is 1.26. The summed E-state index contributed by atoms with van der Waals surface area (Å²) in [4.78, 5) is 11.5. The zero-order chi connectivity index (χ0) is 20.7. The van der Waals surface area contributed by atoms with Crippen LogP contribution in [0, 0.1) is 0 Å². The average molecular weight is 479 g/mol. The largest absolute Gasteiger partial charge is 0.477 e. The highest BCUT2D eigenvalue weighted by atomic mass is 79.9. The maximum atomic E-state index is 12.7. The number of fused-ring (bicyclic) bond motifs is 1. The van der Waals surface area contributed by atoms with E-state index in [9.17, 15) is 26.4 Å². The second-order valence-electron chi connectivity index (χ2n) is 6.05. The predicted molar refractivity (Wildman–Crippen MR) is 98.3 cm³/mol. The predicted octanol–water partition coefficient (Wildman–Crippen LogP) is 3.67. The molecular weight excluding hydrogens is 465 g/mol. The topological polar surface area (TPSA) is 84.5 Å². The van der Waals surface area contributed by atoms with Crippen molar-refractivity contribution in [1.29, 1.82) is 0 Å². The number of halogens is 4. The van der Waals surface area contributed by atoms with Crippen molar-refractivity contribution in [2.45, 2.75) is 30.6 Å². The van der Waals surface area contributed by atoms with E-state index in [0.717, 1.165) is 12.1 Å². The lowest BCUT2D eigenvalue weighted by molar-refractivity contribution is -0.137. The molecule has 1 amide bonds. The molecule has 1 aliphatic heterocycles. The van der Waals surface area contributed by atoms with E-state index in [2.05, 4.69) is 26.0 Å². The van der Waals surface area contributed by atoms with Gasteiger partial charge in [0.15, 0.2) is 11.9 Å². The molecule has 11 heteroatoms. The molecule has 0 saturated heterocycles. The zero-order valence-corrected chi connectivity index (χ0v) is 16.7. The molecule has 6 nitrogen and oxygen atoms in total. The molecule has 0 fully saturated rings. The van der Waals surface area contributed by atoms with Gasteiger partial charge in [0.2, 0.25) is 10.0 Å². The van der Waals surface area contributed by atoms with Gasteiger partial charge in [-0.2, -0.15) is 13.2 Å². The van der Waals surface area contributed by atoms with Crippen LogP contribution in [0.3, 0.4) is 0 Å². The zero-order valence-electron chi connectivity index (χ0n) is 14.3. The molecule has 2 aromatic rings. The van der Waals surface area contributed by atoms with E-state index < -0.39 is 33.8 Å². The first-order valence-electron chi connectivity index (χ1n) is 7.94. The van der Waals surface area contributed by atoms with Crippen LogP contribution < -0.4 is 14.8 Å². The number of rotatable bonds is 4. The second-order valence-corrected chi connectivity index (χ2v) is 8.70. The first kappa shape index (κ1) is 20.6. The molecule has 0 saturated carbocycles. The van der Waals surface area contributed by atoms with E-state index in [-0.39, 0.29) is 22.9 Å². The fourth-order valence-corrected chi connectivity index (χ4v) is 4.32. The van der Waals surface area contributed by atoms with Crippen LogP contribution in [-0.4, -0.2) is 20.4 Å². The molecule has 0 spiro atoms. The van der Waals surface area contributed by atoms with Gasteiger partial charge in [0.05, 0.1) is 11.3 Å². The first-order chi connectivity index (χ1) is 13.0. The molecule has 0 bridgehead atoms. The molecule has 150 valence electrons. The fourth-order valence-electron chi connectivity index (χ4n) is 2.51. The molecule has 28 heavy (non-hydrogen) atoms. The van der Waals surface area contributed by atoms with Crippen LogP contribution in [0.2, 0.25) is 0 Å². The van der Waals surface area contributed by atoms with Crippen molar-refractivity contribution >= 4 is 37.5 Å². The number of benzene rings is 2. The molecule has 2 aromatic carbocycles. The van der Waals surface area contributed by atoms with E-state index in [0.29, 0.717) is 10.0 Å². The molecule has 2 N–H and O–H groups in total. The van der Waals surface area contributed by atoms with Crippen LogP contribution in [0.25, 0.3) is 0 Å². The van der Waals surface area contributed by atoms with Gasteiger partial charge in [-0.05, 0) is 36.8 Å². The highest BCUT2D eigenvalue weighted by Crippen LogP contribution is 2.39. The standard InChI is InChI=1S/C17H14BrF3N2O4S/c1-9-16(24)23-13-6-12(18)7-14(15(13)27-9)28(25,26)22-8-10-2-4-11(5-3-10)17(19,20)21/h2-7,9,22H,8H2,1H3,(H,23,24). The SMILES string of the molecule is CC1Oc2c(cc(Br)cc2S(=O)(=O)NCc2ccc(C(F)(F)F)cc2)NC1=O. The third-order valence-corrected chi connectivity index (χ3v) is 5.84. The smallest absolute Gasteiger partial charge is 0.416 e. The summed E-state index contributed by atoms with van der Waals surface area (Å²) in [5.41, 5.74) is -0.270. The van der Waals surface area contributed by atoms with Crippen molar-refractivity contribution < 1.29 is 31.1 Å². The van der Waals surface area contributed by atoms with Gasteiger partial charge in [0.1, 0.15) is 4.90 Å². The number of carbonyl (C=O) groups excluding carboxylic acids is 1. The van der Waals surface area contributed by atoms with Crippen molar-refractivity contribution in [2.24, 2.45) is 0 Å². The quantitative estimate of drug-likeness (QED) is 0.701. The number of sulfonamides is 1. The molecule has 3 rings (SSSR count). The summed E-state index contributed by atoms with van der Waals surface area (Å²) in [5.74, 6) is -0.415. The summed E-state index contributed by atoms with van der Waals surface area (Å²) < 4.78 is 71.5. The number of ether oxygens (including phenoxy) is 1. The van der Waals surface area contributed by atoms with Crippen molar-refractivity contribution in [3.05, 3.63) is 52.0 Å². The summed E-state index contributed by atoms with van der Waals surface area (Å²) >= 11 is 3.19. The Morgan fingerprint density at radius 2 is 1.86 bits per heavy atom. The Kier molecular flexibility index (Phi) is 5.43. The highest BCUT2D eigenvalue weighted by Gasteiger charge is 2.32. The van der Waals surface area contributed by atoms with Gasteiger partial charge in [0.25, 0.3) is 5.91 Å². The Hall–Kier alpha value is -2.11. The van der Waals surface area contributed by atoms with Gasteiger partial charge in [-0.25, -0.2) is 13.1 Å². The Labute approximate surface area is 167 Å². The molecule has 0 radical (unpaired) electrons. The van der Waals surface area contributed by atoms with Crippen molar-refractivity contribution in [2.75, 3.05) is 5.32 Å². The van der Waals surface area contributed by atoms with Gasteiger partial charge < -0.3 is 10.1 Å². The Balaban J connectivity index is 1.85. The summed E-state index contributed by atoms with van der Waals surface area (Å²) in [6.07, 6.45) is -5.34. The molecule has 1 unspecified atom stereocenters. The average Bonchev–Trinajstić information content (AvgIpc) is 2.60. The van der Waals surface area contributed by atoms with Crippen molar-refractivity contribution in [1.82, 2.24) is 4.72 Å². The lowest BCUT2D eigenvalue weighted by Crippen LogP contribution is -2.35. The van der Waals surface area contributed by atoms with E-state index in [1.807, 2.05) is 0 Å². The number of amides is 1. The minimum Gasteiger partial charge on any atom is -0.477 e. The molecule has 0 aromatic heterocycles. The lowest BCUT2D eigenvalue weighted by Gasteiger charge is -2.25. The minimum absolute atomic E-state index is 0.00443. The Bertz CT molecular complexity index is 1020. The minimum atomic E-state index is -4.47. The van der Waals surface area contributed by atoms with E-state index in [1.165, 1.54) is 31.2 Å². The van der Waals surface area contributed by atoms with Crippen LogP contribution in [0.15, 0.2) is 45.8 Å². The summed E-state index contributed by atoms with van der Waals surface area (Å²) in [5, 5.41) is 2.56. The van der Waals surface area contributed by atoms with E-state index in [1.54, 1.807) is 0 Å². The van der Waals surface area contributed by atoms with Gasteiger partial charge in [-0.15, -0.1) is 0 Å². The highest BCUT2D eigenvalue weighted by molar-refractivity contribution is 9.10. The number of hydrogen-bond donors (Lipinski definition) is 2. The van der Waals surface area contributed by atoms with Gasteiger partial charge in [-0.1, -0.05) is 28.1 Å². The first-order valence-corrected chi connectivity index (χ1v) is 10.2. The number of nitrogens with one attached hydrogen (secondary N) is 2. The lowest BCUT2D eigenvalue weighted by atomic mass is 10.1. The molecule has 1 aliphatic rings. The van der Waals surface area contributed by atoms with Crippen LogP contribution in [0.1, 0.15) is 18.1 Å². The van der Waals surface area contributed by atoms with Crippen molar-refractivity contribution in [3.8, 4) is 5.75 Å². The van der Waals surface area contributed by atoms with Gasteiger partial charge >= 0.3 is 6.18 Å². The van der Waals surface area contributed by atoms with Crippen molar-refractivity contribution in [3.63, 3.8) is 0 Å². The van der Waals surface area contributed by atoms with Crippen LogP contribution in [0.4, 0.5) is 18.9 Å². The van der Waals surface area contributed by atoms with Gasteiger partial charge in [-0.3, -0.25) is 4.79 Å². The van der Waals surface area contributed by atoms with Gasteiger partial charge in [0, 0.05) is 11.0 Å². The molecular formula is C17H14BrF3N2O4S. The number of hydrogen-bond acceptors (Lipinski definition) is 4. The Morgan fingerprint density at radius 1 is 1.21 bits per heavy atom. The maximum Gasteiger partial charge on any atom is 0.416 e. The van der Waals surface area contributed by atoms with Crippen LogP contribution in [0.5, 0.6) is 5.75 Å².